The number of carbonyl (C=O) groups excluding carboxylic acids is 1. The molecule has 7 heteroatoms. The van der Waals surface area contributed by atoms with Gasteiger partial charge in [-0.05, 0) is 30.4 Å². The summed E-state index contributed by atoms with van der Waals surface area (Å²) in [6.07, 6.45) is 2.94. The number of benzene rings is 1. The van der Waals surface area contributed by atoms with Crippen LogP contribution in [0.1, 0.15) is 30.0 Å². The average molecular weight is 330 g/mol. The number of aromatic nitrogens is 3. The molecule has 1 aromatic heterocycles. The van der Waals surface area contributed by atoms with Gasteiger partial charge in [-0.1, -0.05) is 36.0 Å². The van der Waals surface area contributed by atoms with E-state index < -0.39 is 0 Å². The Hall–Kier alpha value is -2.02. The van der Waals surface area contributed by atoms with E-state index in [9.17, 15) is 9.59 Å². The molecule has 0 radical (unpaired) electrons. The summed E-state index contributed by atoms with van der Waals surface area (Å²) in [7, 11) is 0. The van der Waals surface area contributed by atoms with Gasteiger partial charge in [-0.3, -0.25) is 9.36 Å². The molecule has 2 aliphatic rings. The summed E-state index contributed by atoms with van der Waals surface area (Å²) in [6, 6.07) is 8.53. The first-order valence-electron chi connectivity index (χ1n) is 7.86. The monoisotopic (exact) mass is 330 g/mol. The van der Waals surface area contributed by atoms with E-state index in [2.05, 4.69) is 22.3 Å². The Balaban J connectivity index is 1.40. The molecule has 0 atom stereocenters. The number of fused-ring (bicyclic) bond motifs is 1. The predicted molar refractivity (Wildman–Crippen MR) is 87.4 cm³/mol. The van der Waals surface area contributed by atoms with Crippen LogP contribution in [0.2, 0.25) is 0 Å². The number of nitrogens with zero attached hydrogens (tertiary/aromatic N) is 3. The van der Waals surface area contributed by atoms with E-state index >= 15 is 0 Å². The van der Waals surface area contributed by atoms with Gasteiger partial charge in [0.15, 0.2) is 5.16 Å². The highest BCUT2D eigenvalue weighted by atomic mass is 32.2. The van der Waals surface area contributed by atoms with Gasteiger partial charge in [0, 0.05) is 19.1 Å². The molecular weight excluding hydrogens is 312 g/mol. The van der Waals surface area contributed by atoms with Gasteiger partial charge < -0.3 is 4.90 Å². The highest BCUT2D eigenvalue weighted by Gasteiger charge is 2.29. The van der Waals surface area contributed by atoms with Gasteiger partial charge in [-0.25, -0.2) is 9.89 Å². The molecule has 1 amide bonds. The summed E-state index contributed by atoms with van der Waals surface area (Å²) >= 11 is 1.35. The highest BCUT2D eigenvalue weighted by Crippen LogP contribution is 2.36. The number of carbonyl (C=O) groups is 1. The van der Waals surface area contributed by atoms with E-state index in [4.69, 9.17) is 0 Å². The van der Waals surface area contributed by atoms with Crippen LogP contribution in [-0.2, 0) is 17.8 Å². The van der Waals surface area contributed by atoms with Crippen LogP contribution in [0.4, 0.5) is 0 Å². The van der Waals surface area contributed by atoms with Crippen molar-refractivity contribution in [3.05, 3.63) is 45.9 Å². The number of aromatic amines is 1. The molecule has 120 valence electrons. The summed E-state index contributed by atoms with van der Waals surface area (Å²) in [5, 5.41) is 7.16. The first-order valence-corrected chi connectivity index (χ1v) is 8.85. The summed E-state index contributed by atoms with van der Waals surface area (Å²) in [6.45, 7) is 1.43. The van der Waals surface area contributed by atoms with Crippen LogP contribution >= 0.6 is 11.8 Å². The molecule has 1 saturated carbocycles. The summed E-state index contributed by atoms with van der Waals surface area (Å²) in [5.41, 5.74) is 2.39. The van der Waals surface area contributed by atoms with Crippen molar-refractivity contribution >= 4 is 17.7 Å². The first kappa shape index (κ1) is 14.6. The Kier molecular flexibility index (Phi) is 3.72. The quantitative estimate of drug-likeness (QED) is 0.864. The number of thioether (sulfide) groups is 1. The van der Waals surface area contributed by atoms with Crippen molar-refractivity contribution in [2.75, 3.05) is 12.3 Å². The molecule has 4 rings (SSSR count). The minimum atomic E-state index is -0.172. The van der Waals surface area contributed by atoms with Crippen LogP contribution < -0.4 is 5.69 Å². The van der Waals surface area contributed by atoms with E-state index in [1.165, 1.54) is 22.9 Å². The second-order valence-electron chi connectivity index (χ2n) is 6.04. The molecule has 2 heterocycles. The van der Waals surface area contributed by atoms with Crippen molar-refractivity contribution in [3.8, 4) is 0 Å². The number of nitrogens with one attached hydrogen (secondary N) is 1. The van der Waals surface area contributed by atoms with Crippen LogP contribution in [0.5, 0.6) is 0 Å². The average Bonchev–Trinajstić information content (AvgIpc) is 3.35. The molecule has 1 N–H and O–H groups in total. The lowest BCUT2D eigenvalue weighted by Gasteiger charge is -2.28. The maximum absolute atomic E-state index is 12.5. The zero-order chi connectivity index (χ0) is 15.8. The number of amides is 1. The van der Waals surface area contributed by atoms with Gasteiger partial charge in [0.25, 0.3) is 0 Å². The van der Waals surface area contributed by atoms with Gasteiger partial charge in [-0.2, -0.15) is 0 Å². The Morgan fingerprint density at radius 1 is 1.30 bits per heavy atom. The highest BCUT2D eigenvalue weighted by molar-refractivity contribution is 7.99. The Morgan fingerprint density at radius 2 is 2.09 bits per heavy atom. The second kappa shape index (κ2) is 5.88. The largest absolute Gasteiger partial charge is 0.344 e. The topological polar surface area (TPSA) is 71.0 Å². The van der Waals surface area contributed by atoms with Gasteiger partial charge in [0.2, 0.25) is 5.91 Å². The summed E-state index contributed by atoms with van der Waals surface area (Å²) < 4.78 is 1.68. The summed E-state index contributed by atoms with van der Waals surface area (Å²) in [4.78, 5) is 26.1. The van der Waals surface area contributed by atoms with Crippen molar-refractivity contribution in [1.29, 1.82) is 0 Å². The molecule has 1 aliphatic carbocycles. The van der Waals surface area contributed by atoms with E-state index in [0.29, 0.717) is 17.5 Å². The fraction of sp³-hybridized carbons (Fsp3) is 0.438. The SMILES string of the molecule is O=C(CSc1n[nH]c(=O)n1C1CC1)N1CCc2ccccc2C1. The molecule has 1 aromatic carbocycles. The van der Waals surface area contributed by atoms with Crippen LogP contribution in [0.3, 0.4) is 0 Å². The smallest absolute Gasteiger partial charge is 0.337 e. The van der Waals surface area contributed by atoms with Gasteiger partial charge in [0.05, 0.1) is 5.75 Å². The molecule has 2 aromatic rings. The van der Waals surface area contributed by atoms with Crippen LogP contribution in [-0.4, -0.2) is 37.9 Å². The van der Waals surface area contributed by atoms with E-state index in [0.717, 1.165) is 25.8 Å². The minimum Gasteiger partial charge on any atom is -0.337 e. The minimum absolute atomic E-state index is 0.0994. The molecule has 1 aliphatic heterocycles. The molecule has 23 heavy (non-hydrogen) atoms. The number of H-pyrrole nitrogens is 1. The maximum atomic E-state index is 12.5. The van der Waals surface area contributed by atoms with E-state index in [1.54, 1.807) is 4.57 Å². The molecule has 0 unspecified atom stereocenters. The van der Waals surface area contributed by atoms with Crippen molar-refractivity contribution in [1.82, 2.24) is 19.7 Å². The Bertz CT molecular complexity index is 793. The molecular formula is C16H18N4O2S. The zero-order valence-corrected chi connectivity index (χ0v) is 13.5. The Labute approximate surface area is 137 Å². The lowest BCUT2D eigenvalue weighted by atomic mass is 10.00. The van der Waals surface area contributed by atoms with Crippen LogP contribution in [0, 0.1) is 0 Å². The second-order valence-corrected chi connectivity index (χ2v) is 6.98. The maximum Gasteiger partial charge on any atom is 0.344 e. The van der Waals surface area contributed by atoms with Crippen molar-refractivity contribution in [2.24, 2.45) is 0 Å². The third-order valence-electron chi connectivity index (χ3n) is 4.39. The number of rotatable bonds is 4. The molecule has 1 fully saturated rings. The van der Waals surface area contributed by atoms with Crippen LogP contribution in [0.25, 0.3) is 0 Å². The zero-order valence-electron chi connectivity index (χ0n) is 12.7. The standard InChI is InChI=1S/C16H18N4O2S/c21-14(19-8-7-11-3-1-2-4-12(11)9-19)10-23-16-18-17-15(22)20(16)13-5-6-13/h1-4,13H,5-10H2,(H,17,22). The lowest BCUT2D eigenvalue weighted by Crippen LogP contribution is -2.37. The fourth-order valence-corrected chi connectivity index (χ4v) is 3.89. The number of hydrogen-bond donors (Lipinski definition) is 1. The van der Waals surface area contributed by atoms with Crippen molar-refractivity contribution < 1.29 is 4.79 Å². The first-order chi connectivity index (χ1) is 11.2. The van der Waals surface area contributed by atoms with Crippen molar-refractivity contribution in [3.63, 3.8) is 0 Å². The van der Waals surface area contributed by atoms with Gasteiger partial charge in [-0.15, -0.1) is 5.10 Å². The van der Waals surface area contributed by atoms with Crippen molar-refractivity contribution in [2.45, 2.75) is 37.0 Å². The third-order valence-corrected chi connectivity index (χ3v) is 5.33. The number of hydrogen-bond acceptors (Lipinski definition) is 4. The summed E-state index contributed by atoms with van der Waals surface area (Å²) in [5.74, 6) is 0.418. The molecule has 0 spiro atoms. The van der Waals surface area contributed by atoms with E-state index in [1.807, 2.05) is 17.0 Å². The van der Waals surface area contributed by atoms with Crippen LogP contribution in [0.15, 0.2) is 34.2 Å². The molecule has 6 nitrogen and oxygen atoms in total. The molecule has 0 bridgehead atoms. The Morgan fingerprint density at radius 3 is 2.87 bits per heavy atom. The lowest BCUT2D eigenvalue weighted by molar-refractivity contribution is -0.129. The predicted octanol–water partition coefficient (Wildman–Crippen LogP) is 1.58. The third kappa shape index (κ3) is 2.93. The normalized spacial score (nSPS) is 17.1. The van der Waals surface area contributed by atoms with Gasteiger partial charge in [0.1, 0.15) is 0 Å². The van der Waals surface area contributed by atoms with Gasteiger partial charge >= 0.3 is 5.69 Å². The van der Waals surface area contributed by atoms with E-state index in [-0.39, 0.29) is 17.6 Å². The molecule has 0 saturated heterocycles. The fourth-order valence-electron chi connectivity index (χ4n) is 2.97.